The number of benzene rings is 2. The number of para-hydroxylation sites is 1. The molecule has 0 fully saturated rings. The summed E-state index contributed by atoms with van der Waals surface area (Å²) in [6.07, 6.45) is 1.64. The normalized spacial score (nSPS) is 11.0. The molecule has 0 unspecified atom stereocenters. The van der Waals surface area contributed by atoms with E-state index in [2.05, 4.69) is 9.97 Å². The molecule has 0 aliphatic heterocycles. The highest BCUT2D eigenvalue weighted by Crippen LogP contribution is 2.28. The Hall–Kier alpha value is -2.68. The van der Waals surface area contributed by atoms with Crippen molar-refractivity contribution in [2.45, 2.75) is 0 Å². The molecule has 2 N–H and O–H groups in total. The Kier molecular flexibility index (Phi) is 3.57. The third kappa shape index (κ3) is 2.46. The van der Waals surface area contributed by atoms with Crippen molar-refractivity contribution >= 4 is 39.5 Å². The Bertz CT molecular complexity index is 1100. The predicted octanol–water partition coefficient (Wildman–Crippen LogP) is 3.23. The SMILES string of the molecule is Nc1nc(=O)n(-c2cccc3nc(-c4ccccc4)oc23)cc1I. The van der Waals surface area contributed by atoms with Crippen LogP contribution in [-0.4, -0.2) is 14.5 Å². The van der Waals surface area contributed by atoms with Crippen LogP contribution in [0.1, 0.15) is 0 Å². The van der Waals surface area contributed by atoms with Crippen LogP contribution in [-0.2, 0) is 0 Å². The summed E-state index contributed by atoms with van der Waals surface area (Å²) in [7, 11) is 0. The summed E-state index contributed by atoms with van der Waals surface area (Å²) in [6.45, 7) is 0. The molecular formula is C17H11IN4O2. The van der Waals surface area contributed by atoms with E-state index in [9.17, 15) is 4.79 Å². The molecule has 118 valence electrons. The van der Waals surface area contributed by atoms with Crippen LogP contribution in [0, 0.1) is 3.57 Å². The van der Waals surface area contributed by atoms with Crippen LogP contribution in [0.2, 0.25) is 0 Å². The Morgan fingerprint density at radius 1 is 1.04 bits per heavy atom. The first-order valence-electron chi connectivity index (χ1n) is 7.13. The molecule has 7 heteroatoms. The van der Waals surface area contributed by atoms with Gasteiger partial charge in [-0.25, -0.2) is 9.78 Å². The quantitative estimate of drug-likeness (QED) is 0.494. The number of nitrogens with zero attached hydrogens (tertiary/aromatic N) is 3. The molecule has 24 heavy (non-hydrogen) atoms. The lowest BCUT2D eigenvalue weighted by molar-refractivity contribution is 0.616. The molecule has 4 rings (SSSR count). The Morgan fingerprint density at radius 2 is 1.83 bits per heavy atom. The third-order valence-electron chi connectivity index (χ3n) is 3.58. The van der Waals surface area contributed by atoms with E-state index in [1.54, 1.807) is 12.3 Å². The van der Waals surface area contributed by atoms with Gasteiger partial charge in [-0.2, -0.15) is 4.98 Å². The van der Waals surface area contributed by atoms with Gasteiger partial charge >= 0.3 is 5.69 Å². The van der Waals surface area contributed by atoms with E-state index < -0.39 is 5.69 Å². The molecule has 0 amide bonds. The predicted molar refractivity (Wildman–Crippen MR) is 100.0 cm³/mol. The highest BCUT2D eigenvalue weighted by Gasteiger charge is 2.14. The number of hydrogen-bond donors (Lipinski definition) is 1. The number of oxazole rings is 1. The van der Waals surface area contributed by atoms with Crippen molar-refractivity contribution < 1.29 is 4.42 Å². The average molecular weight is 430 g/mol. The Labute approximate surface area is 150 Å². The molecule has 0 atom stereocenters. The highest BCUT2D eigenvalue weighted by molar-refractivity contribution is 14.1. The van der Waals surface area contributed by atoms with Gasteiger partial charge in [0.15, 0.2) is 5.58 Å². The van der Waals surface area contributed by atoms with Gasteiger partial charge in [-0.15, -0.1) is 0 Å². The third-order valence-corrected chi connectivity index (χ3v) is 4.41. The molecule has 2 aromatic heterocycles. The lowest BCUT2D eigenvalue weighted by Crippen LogP contribution is -2.23. The van der Waals surface area contributed by atoms with Crippen LogP contribution < -0.4 is 11.4 Å². The van der Waals surface area contributed by atoms with Crippen LogP contribution in [0.3, 0.4) is 0 Å². The van der Waals surface area contributed by atoms with Gasteiger partial charge < -0.3 is 10.2 Å². The maximum atomic E-state index is 12.2. The first-order chi connectivity index (χ1) is 11.6. The lowest BCUT2D eigenvalue weighted by Gasteiger charge is -2.06. The zero-order valence-corrected chi connectivity index (χ0v) is 14.5. The minimum atomic E-state index is -0.460. The minimum Gasteiger partial charge on any atom is -0.434 e. The molecule has 0 spiro atoms. The summed E-state index contributed by atoms with van der Waals surface area (Å²) in [6, 6.07) is 15.1. The van der Waals surface area contributed by atoms with Crippen LogP contribution in [0.25, 0.3) is 28.2 Å². The number of rotatable bonds is 2. The first kappa shape index (κ1) is 14.9. The maximum Gasteiger partial charge on any atom is 0.354 e. The van der Waals surface area contributed by atoms with Crippen molar-refractivity contribution in [3.63, 3.8) is 0 Å². The summed E-state index contributed by atoms with van der Waals surface area (Å²) >= 11 is 2.04. The van der Waals surface area contributed by atoms with Crippen LogP contribution in [0.5, 0.6) is 0 Å². The van der Waals surface area contributed by atoms with Crippen molar-refractivity contribution in [1.29, 1.82) is 0 Å². The molecular weight excluding hydrogens is 419 g/mol. The highest BCUT2D eigenvalue weighted by atomic mass is 127. The van der Waals surface area contributed by atoms with Crippen molar-refractivity contribution in [3.05, 3.63) is 68.8 Å². The van der Waals surface area contributed by atoms with Crippen molar-refractivity contribution in [2.24, 2.45) is 0 Å². The number of nitrogens with two attached hydrogens (primary N) is 1. The van der Waals surface area contributed by atoms with E-state index in [1.807, 2.05) is 65.1 Å². The summed E-state index contributed by atoms with van der Waals surface area (Å²) in [4.78, 5) is 20.6. The van der Waals surface area contributed by atoms with E-state index in [-0.39, 0.29) is 5.82 Å². The van der Waals surface area contributed by atoms with Gasteiger partial charge in [-0.3, -0.25) is 4.57 Å². The largest absolute Gasteiger partial charge is 0.434 e. The number of halogens is 1. The van der Waals surface area contributed by atoms with Gasteiger partial charge in [0, 0.05) is 11.8 Å². The fraction of sp³-hybridized carbons (Fsp3) is 0. The fourth-order valence-corrected chi connectivity index (χ4v) is 2.85. The zero-order valence-electron chi connectivity index (χ0n) is 12.3. The monoisotopic (exact) mass is 430 g/mol. The molecule has 0 radical (unpaired) electrons. The lowest BCUT2D eigenvalue weighted by atomic mass is 10.2. The van der Waals surface area contributed by atoms with Crippen LogP contribution in [0.4, 0.5) is 5.82 Å². The van der Waals surface area contributed by atoms with Gasteiger partial charge in [0.1, 0.15) is 11.3 Å². The number of nitrogen functional groups attached to an aromatic ring is 1. The van der Waals surface area contributed by atoms with Crippen molar-refractivity contribution in [3.8, 4) is 17.1 Å². The van der Waals surface area contributed by atoms with Crippen LogP contribution in [0.15, 0.2) is 63.9 Å². The molecule has 0 aliphatic rings. The average Bonchev–Trinajstić information content (AvgIpc) is 3.03. The van der Waals surface area contributed by atoms with Gasteiger partial charge in [-0.05, 0) is 46.9 Å². The number of aromatic nitrogens is 3. The van der Waals surface area contributed by atoms with E-state index in [4.69, 9.17) is 10.2 Å². The minimum absolute atomic E-state index is 0.214. The molecule has 6 nitrogen and oxygen atoms in total. The molecule has 4 aromatic rings. The van der Waals surface area contributed by atoms with E-state index in [0.717, 1.165) is 5.56 Å². The number of hydrogen-bond acceptors (Lipinski definition) is 5. The van der Waals surface area contributed by atoms with Gasteiger partial charge in [0.05, 0.1) is 9.26 Å². The fourth-order valence-electron chi connectivity index (χ4n) is 2.45. The van der Waals surface area contributed by atoms with E-state index >= 15 is 0 Å². The van der Waals surface area contributed by atoms with Crippen molar-refractivity contribution in [2.75, 3.05) is 5.73 Å². The van der Waals surface area contributed by atoms with Gasteiger partial charge in [0.25, 0.3) is 0 Å². The molecule has 2 aromatic carbocycles. The van der Waals surface area contributed by atoms with Crippen LogP contribution >= 0.6 is 22.6 Å². The Balaban J connectivity index is 1.96. The topological polar surface area (TPSA) is 86.9 Å². The summed E-state index contributed by atoms with van der Waals surface area (Å²) in [5.74, 6) is 0.718. The maximum absolute atomic E-state index is 12.2. The van der Waals surface area contributed by atoms with E-state index in [1.165, 1.54) is 4.57 Å². The summed E-state index contributed by atoms with van der Waals surface area (Å²) in [5.41, 5.74) is 7.89. The van der Waals surface area contributed by atoms with Gasteiger partial charge in [0.2, 0.25) is 5.89 Å². The second kappa shape index (κ2) is 5.75. The molecule has 2 heterocycles. The molecule has 0 saturated heterocycles. The second-order valence-electron chi connectivity index (χ2n) is 5.14. The summed E-state index contributed by atoms with van der Waals surface area (Å²) in [5, 5.41) is 0. The summed E-state index contributed by atoms with van der Waals surface area (Å²) < 4.78 is 8.04. The molecule has 0 aliphatic carbocycles. The number of anilines is 1. The number of fused-ring (bicyclic) bond motifs is 1. The first-order valence-corrected chi connectivity index (χ1v) is 8.21. The smallest absolute Gasteiger partial charge is 0.354 e. The Morgan fingerprint density at radius 3 is 2.62 bits per heavy atom. The van der Waals surface area contributed by atoms with Crippen molar-refractivity contribution in [1.82, 2.24) is 14.5 Å². The van der Waals surface area contributed by atoms with Gasteiger partial charge in [-0.1, -0.05) is 24.3 Å². The standard InChI is InChI=1S/C17H11IN4O2/c18-11-9-22(17(23)21-15(11)19)13-8-4-7-12-14(13)24-16(20-12)10-5-2-1-3-6-10/h1-9H,(H2,19,21,23). The molecule has 0 bridgehead atoms. The second-order valence-corrected chi connectivity index (χ2v) is 6.30. The zero-order chi connectivity index (χ0) is 16.7. The molecule has 0 saturated carbocycles. The van der Waals surface area contributed by atoms with E-state index in [0.29, 0.717) is 26.2 Å².